The Morgan fingerprint density at radius 2 is 2.20 bits per heavy atom. The molecule has 0 aromatic carbocycles. The lowest BCUT2D eigenvalue weighted by molar-refractivity contribution is -0.119. The predicted octanol–water partition coefficient (Wildman–Crippen LogP) is 0.310. The van der Waals surface area contributed by atoms with Crippen LogP contribution in [0.3, 0.4) is 0 Å². The lowest BCUT2D eigenvalue weighted by Crippen LogP contribution is -2.52. The summed E-state index contributed by atoms with van der Waals surface area (Å²) in [7, 11) is 0. The number of hydrogen-bond donors (Lipinski definition) is 2. The first-order chi connectivity index (χ1) is 7.06. The standard InChI is InChI=1S/C11H23N3O/c1-8-4-3-5-14(9(8)2)10(7-12)6-11(13)15/h8-10H,3-7,12H2,1-2H3,(H2,13,15). The molecule has 4 N–H and O–H groups in total. The van der Waals surface area contributed by atoms with Crippen LogP contribution in [0.5, 0.6) is 0 Å². The molecule has 4 nitrogen and oxygen atoms in total. The van der Waals surface area contributed by atoms with Crippen molar-refractivity contribution in [2.75, 3.05) is 13.1 Å². The Hall–Kier alpha value is -0.610. The zero-order chi connectivity index (χ0) is 11.4. The van der Waals surface area contributed by atoms with E-state index in [0.717, 1.165) is 6.54 Å². The molecule has 0 aliphatic carbocycles. The molecular weight excluding hydrogens is 190 g/mol. The average molecular weight is 213 g/mol. The van der Waals surface area contributed by atoms with Crippen molar-refractivity contribution in [3.05, 3.63) is 0 Å². The fourth-order valence-corrected chi connectivity index (χ4v) is 2.45. The third kappa shape index (κ3) is 3.18. The molecule has 0 aromatic rings. The second kappa shape index (κ2) is 5.47. The second-order valence-corrected chi connectivity index (χ2v) is 4.66. The van der Waals surface area contributed by atoms with Gasteiger partial charge < -0.3 is 11.5 Å². The van der Waals surface area contributed by atoms with E-state index < -0.39 is 0 Å². The SMILES string of the molecule is CC1CCCN(C(CN)CC(N)=O)C1C. The molecule has 1 saturated heterocycles. The van der Waals surface area contributed by atoms with Gasteiger partial charge >= 0.3 is 0 Å². The van der Waals surface area contributed by atoms with Crippen LogP contribution in [0.25, 0.3) is 0 Å². The minimum absolute atomic E-state index is 0.125. The molecule has 1 amide bonds. The summed E-state index contributed by atoms with van der Waals surface area (Å²) in [6.07, 6.45) is 2.85. The van der Waals surface area contributed by atoms with Crippen molar-refractivity contribution in [1.29, 1.82) is 0 Å². The molecule has 0 bridgehead atoms. The summed E-state index contributed by atoms with van der Waals surface area (Å²) in [4.78, 5) is 13.3. The molecule has 0 spiro atoms. The number of hydrogen-bond acceptors (Lipinski definition) is 3. The fraction of sp³-hybridized carbons (Fsp3) is 0.909. The molecule has 88 valence electrons. The first-order valence-electron chi connectivity index (χ1n) is 5.80. The minimum atomic E-state index is -0.254. The summed E-state index contributed by atoms with van der Waals surface area (Å²) in [6.45, 7) is 6.03. The highest BCUT2D eigenvalue weighted by Gasteiger charge is 2.30. The van der Waals surface area contributed by atoms with Crippen LogP contribution < -0.4 is 11.5 Å². The second-order valence-electron chi connectivity index (χ2n) is 4.66. The van der Waals surface area contributed by atoms with Gasteiger partial charge in [-0.3, -0.25) is 9.69 Å². The number of nitrogens with zero attached hydrogens (tertiary/aromatic N) is 1. The summed E-state index contributed by atoms with van der Waals surface area (Å²) in [5, 5.41) is 0. The molecule has 1 fully saturated rings. The van der Waals surface area contributed by atoms with E-state index in [-0.39, 0.29) is 11.9 Å². The molecule has 4 heteroatoms. The van der Waals surface area contributed by atoms with Crippen LogP contribution in [0.1, 0.15) is 33.1 Å². The minimum Gasteiger partial charge on any atom is -0.370 e. The van der Waals surface area contributed by atoms with Gasteiger partial charge in [0.25, 0.3) is 0 Å². The molecule has 1 heterocycles. The summed E-state index contributed by atoms with van der Waals surface area (Å²) in [5.74, 6) is 0.427. The lowest BCUT2D eigenvalue weighted by Gasteiger charge is -2.42. The van der Waals surface area contributed by atoms with Gasteiger partial charge in [-0.05, 0) is 32.2 Å². The van der Waals surface area contributed by atoms with Gasteiger partial charge in [-0.15, -0.1) is 0 Å². The first-order valence-corrected chi connectivity index (χ1v) is 5.80. The van der Waals surface area contributed by atoms with E-state index in [1.54, 1.807) is 0 Å². The van der Waals surface area contributed by atoms with Gasteiger partial charge in [0.15, 0.2) is 0 Å². The van der Waals surface area contributed by atoms with E-state index in [4.69, 9.17) is 11.5 Å². The summed E-state index contributed by atoms with van der Waals surface area (Å²) in [6, 6.07) is 0.631. The van der Waals surface area contributed by atoms with Crippen molar-refractivity contribution in [2.24, 2.45) is 17.4 Å². The Morgan fingerprint density at radius 1 is 1.53 bits per heavy atom. The number of carbonyl (C=O) groups excluding carboxylic acids is 1. The third-order valence-electron chi connectivity index (χ3n) is 3.60. The Kier molecular flexibility index (Phi) is 4.54. The van der Waals surface area contributed by atoms with Crippen LogP contribution in [-0.2, 0) is 4.79 Å². The van der Waals surface area contributed by atoms with Crippen LogP contribution in [0, 0.1) is 5.92 Å². The molecule has 15 heavy (non-hydrogen) atoms. The molecule has 0 radical (unpaired) electrons. The maximum absolute atomic E-state index is 10.9. The number of amides is 1. The van der Waals surface area contributed by atoms with E-state index in [9.17, 15) is 4.79 Å². The van der Waals surface area contributed by atoms with Crippen molar-refractivity contribution in [1.82, 2.24) is 4.90 Å². The number of nitrogens with two attached hydrogens (primary N) is 2. The first kappa shape index (κ1) is 12.5. The molecule has 0 aromatic heterocycles. The highest BCUT2D eigenvalue weighted by atomic mass is 16.1. The van der Waals surface area contributed by atoms with Gasteiger partial charge in [0.1, 0.15) is 0 Å². The highest BCUT2D eigenvalue weighted by molar-refractivity contribution is 5.74. The molecule has 1 aliphatic heterocycles. The zero-order valence-electron chi connectivity index (χ0n) is 9.78. The van der Waals surface area contributed by atoms with Gasteiger partial charge in [0, 0.05) is 25.0 Å². The quantitative estimate of drug-likeness (QED) is 0.706. The van der Waals surface area contributed by atoms with E-state index in [1.165, 1.54) is 12.8 Å². The Balaban J connectivity index is 2.61. The molecule has 3 unspecified atom stereocenters. The Bertz CT molecular complexity index is 220. The Morgan fingerprint density at radius 3 is 2.73 bits per heavy atom. The van der Waals surface area contributed by atoms with Crippen LogP contribution >= 0.6 is 0 Å². The largest absolute Gasteiger partial charge is 0.370 e. The summed E-state index contributed by atoms with van der Waals surface area (Å²) < 4.78 is 0. The fourth-order valence-electron chi connectivity index (χ4n) is 2.45. The van der Waals surface area contributed by atoms with Crippen LogP contribution in [-0.4, -0.2) is 36.0 Å². The van der Waals surface area contributed by atoms with Crippen molar-refractivity contribution < 1.29 is 4.79 Å². The molecule has 0 saturated carbocycles. The van der Waals surface area contributed by atoms with E-state index in [2.05, 4.69) is 18.7 Å². The van der Waals surface area contributed by atoms with E-state index >= 15 is 0 Å². The molecule has 3 atom stereocenters. The number of likely N-dealkylation sites (tertiary alicyclic amines) is 1. The molecule has 1 rings (SSSR count). The zero-order valence-corrected chi connectivity index (χ0v) is 9.78. The monoisotopic (exact) mass is 213 g/mol. The van der Waals surface area contributed by atoms with Gasteiger partial charge in [-0.2, -0.15) is 0 Å². The lowest BCUT2D eigenvalue weighted by atomic mass is 9.90. The maximum Gasteiger partial charge on any atom is 0.219 e. The topological polar surface area (TPSA) is 72.3 Å². The summed E-state index contributed by atoms with van der Waals surface area (Å²) in [5.41, 5.74) is 10.9. The number of carbonyl (C=O) groups is 1. The van der Waals surface area contributed by atoms with E-state index in [1.807, 2.05) is 0 Å². The van der Waals surface area contributed by atoms with Crippen LogP contribution in [0.4, 0.5) is 0 Å². The number of rotatable bonds is 4. The smallest absolute Gasteiger partial charge is 0.219 e. The molecular formula is C11H23N3O. The maximum atomic E-state index is 10.9. The normalized spacial score (nSPS) is 30.1. The van der Waals surface area contributed by atoms with Crippen LogP contribution in [0.15, 0.2) is 0 Å². The van der Waals surface area contributed by atoms with Gasteiger partial charge in [0.05, 0.1) is 0 Å². The van der Waals surface area contributed by atoms with E-state index in [0.29, 0.717) is 24.9 Å². The highest BCUT2D eigenvalue weighted by Crippen LogP contribution is 2.25. The third-order valence-corrected chi connectivity index (χ3v) is 3.60. The van der Waals surface area contributed by atoms with Gasteiger partial charge in [0.2, 0.25) is 5.91 Å². The number of piperidine rings is 1. The van der Waals surface area contributed by atoms with Crippen molar-refractivity contribution in [3.63, 3.8) is 0 Å². The summed E-state index contributed by atoms with van der Waals surface area (Å²) >= 11 is 0. The van der Waals surface area contributed by atoms with Crippen LogP contribution in [0.2, 0.25) is 0 Å². The van der Waals surface area contributed by atoms with Crippen molar-refractivity contribution >= 4 is 5.91 Å². The average Bonchev–Trinajstić information content (AvgIpc) is 2.19. The number of primary amides is 1. The van der Waals surface area contributed by atoms with Crippen molar-refractivity contribution in [2.45, 2.75) is 45.2 Å². The van der Waals surface area contributed by atoms with Gasteiger partial charge in [-0.1, -0.05) is 6.92 Å². The Labute approximate surface area is 92.0 Å². The van der Waals surface area contributed by atoms with Crippen molar-refractivity contribution in [3.8, 4) is 0 Å². The van der Waals surface area contributed by atoms with Gasteiger partial charge in [-0.25, -0.2) is 0 Å². The molecule has 1 aliphatic rings. The predicted molar refractivity (Wildman–Crippen MR) is 61.2 cm³/mol.